The standard InChI is InChI=1S/C22H39NO8/c1-5-6-13-28-14-7-10-18(24)23-17-21(27)30-16-8-11-19(25)29-15-9-12-20(26)31-22(2,3)4/h5-17H2,1-4H3,(H,23,24). The van der Waals surface area contributed by atoms with Crippen LogP contribution in [0, 0.1) is 0 Å². The van der Waals surface area contributed by atoms with Crippen molar-refractivity contribution in [2.75, 3.05) is 33.0 Å². The molecular weight excluding hydrogens is 406 g/mol. The number of ether oxygens (including phenoxy) is 4. The van der Waals surface area contributed by atoms with Gasteiger partial charge in [0, 0.05) is 32.5 Å². The summed E-state index contributed by atoms with van der Waals surface area (Å²) in [6.45, 7) is 8.66. The zero-order chi connectivity index (χ0) is 23.5. The molecule has 0 aliphatic heterocycles. The largest absolute Gasteiger partial charge is 0.466 e. The minimum absolute atomic E-state index is 0.0625. The Bertz CT molecular complexity index is 542. The Morgan fingerprint density at radius 3 is 1.87 bits per heavy atom. The molecule has 31 heavy (non-hydrogen) atoms. The summed E-state index contributed by atoms with van der Waals surface area (Å²) in [5.74, 6) is -1.54. The molecule has 9 heteroatoms. The second-order valence-corrected chi connectivity index (χ2v) is 8.08. The summed E-state index contributed by atoms with van der Waals surface area (Å²) in [6.07, 6.45) is 3.96. The Balaban J connectivity index is 3.60. The SMILES string of the molecule is CCCCOCCCC(=O)NCC(=O)OCCCC(=O)OCCCC(=O)OC(C)(C)C. The van der Waals surface area contributed by atoms with Crippen LogP contribution in [0.25, 0.3) is 0 Å². The van der Waals surface area contributed by atoms with Crippen molar-refractivity contribution in [3.05, 3.63) is 0 Å². The van der Waals surface area contributed by atoms with Crippen molar-refractivity contribution in [2.24, 2.45) is 0 Å². The maximum Gasteiger partial charge on any atom is 0.325 e. The van der Waals surface area contributed by atoms with Gasteiger partial charge in [-0.15, -0.1) is 0 Å². The van der Waals surface area contributed by atoms with Gasteiger partial charge in [0.25, 0.3) is 0 Å². The van der Waals surface area contributed by atoms with E-state index in [1.165, 1.54) is 0 Å². The number of amides is 1. The molecule has 0 fully saturated rings. The highest BCUT2D eigenvalue weighted by atomic mass is 16.6. The lowest BCUT2D eigenvalue weighted by Crippen LogP contribution is -2.30. The summed E-state index contributed by atoms with van der Waals surface area (Å²) in [5, 5.41) is 2.49. The third-order valence-corrected chi connectivity index (χ3v) is 3.76. The topological polar surface area (TPSA) is 117 Å². The van der Waals surface area contributed by atoms with E-state index in [9.17, 15) is 19.2 Å². The summed E-state index contributed by atoms with van der Waals surface area (Å²) in [6, 6.07) is 0. The quantitative estimate of drug-likeness (QED) is 0.206. The van der Waals surface area contributed by atoms with Gasteiger partial charge in [0.15, 0.2) is 0 Å². The monoisotopic (exact) mass is 445 g/mol. The molecule has 0 atom stereocenters. The highest BCUT2D eigenvalue weighted by molar-refractivity contribution is 5.81. The number of hydrogen-bond donors (Lipinski definition) is 1. The summed E-state index contributed by atoms with van der Waals surface area (Å²) in [5.41, 5.74) is -0.531. The molecule has 0 unspecified atom stereocenters. The smallest absolute Gasteiger partial charge is 0.325 e. The molecule has 0 aromatic carbocycles. The first kappa shape index (κ1) is 28.8. The number of unbranched alkanes of at least 4 members (excludes halogenated alkanes) is 1. The molecule has 1 amide bonds. The molecule has 0 saturated carbocycles. The average Bonchev–Trinajstić information content (AvgIpc) is 2.68. The van der Waals surface area contributed by atoms with E-state index >= 15 is 0 Å². The zero-order valence-electron chi connectivity index (χ0n) is 19.5. The maximum absolute atomic E-state index is 11.6. The van der Waals surface area contributed by atoms with Crippen molar-refractivity contribution in [1.82, 2.24) is 5.32 Å². The maximum atomic E-state index is 11.6. The predicted octanol–water partition coefficient (Wildman–Crippen LogP) is 2.69. The summed E-state index contributed by atoms with van der Waals surface area (Å²) in [4.78, 5) is 46.4. The van der Waals surface area contributed by atoms with Crippen LogP contribution in [0.3, 0.4) is 0 Å². The van der Waals surface area contributed by atoms with Crippen LogP contribution in [-0.2, 0) is 38.1 Å². The van der Waals surface area contributed by atoms with Crippen molar-refractivity contribution >= 4 is 23.8 Å². The van der Waals surface area contributed by atoms with Crippen molar-refractivity contribution in [2.45, 2.75) is 84.7 Å². The van der Waals surface area contributed by atoms with Gasteiger partial charge in [-0.2, -0.15) is 0 Å². The third kappa shape index (κ3) is 20.9. The molecule has 1 N–H and O–H groups in total. The fraction of sp³-hybridized carbons (Fsp3) is 0.818. The van der Waals surface area contributed by atoms with Gasteiger partial charge in [-0.05, 0) is 46.5 Å². The van der Waals surface area contributed by atoms with Crippen LogP contribution in [0.1, 0.15) is 79.1 Å². The van der Waals surface area contributed by atoms with Crippen LogP contribution in [0.4, 0.5) is 0 Å². The molecule has 0 aromatic rings. The molecule has 0 spiro atoms. The van der Waals surface area contributed by atoms with Gasteiger partial charge >= 0.3 is 17.9 Å². The van der Waals surface area contributed by atoms with Gasteiger partial charge in [0.1, 0.15) is 12.1 Å². The predicted molar refractivity (Wildman–Crippen MR) is 114 cm³/mol. The molecule has 0 aliphatic rings. The Morgan fingerprint density at radius 1 is 0.710 bits per heavy atom. The number of carbonyl (C=O) groups excluding carboxylic acids is 4. The fourth-order valence-corrected chi connectivity index (χ4v) is 2.26. The van der Waals surface area contributed by atoms with Gasteiger partial charge in [0.05, 0.1) is 13.2 Å². The third-order valence-electron chi connectivity index (χ3n) is 3.76. The molecule has 180 valence electrons. The molecule has 9 nitrogen and oxygen atoms in total. The van der Waals surface area contributed by atoms with Crippen molar-refractivity contribution < 1.29 is 38.1 Å². The number of hydrogen-bond acceptors (Lipinski definition) is 8. The lowest BCUT2D eigenvalue weighted by Gasteiger charge is -2.19. The van der Waals surface area contributed by atoms with Gasteiger partial charge in [0.2, 0.25) is 5.91 Å². The lowest BCUT2D eigenvalue weighted by molar-refractivity contribution is -0.156. The minimum atomic E-state index is -0.557. The van der Waals surface area contributed by atoms with E-state index in [1.54, 1.807) is 20.8 Å². The molecule has 0 heterocycles. The highest BCUT2D eigenvalue weighted by Gasteiger charge is 2.16. The molecule has 0 aliphatic carbocycles. The normalized spacial score (nSPS) is 11.0. The van der Waals surface area contributed by atoms with Crippen LogP contribution in [0.2, 0.25) is 0 Å². The zero-order valence-corrected chi connectivity index (χ0v) is 19.5. The second kappa shape index (κ2) is 17.5. The van der Waals surface area contributed by atoms with Gasteiger partial charge in [-0.1, -0.05) is 13.3 Å². The van der Waals surface area contributed by atoms with E-state index in [-0.39, 0.29) is 44.5 Å². The number of esters is 3. The first-order valence-corrected chi connectivity index (χ1v) is 11.0. The first-order chi connectivity index (χ1) is 14.6. The Morgan fingerprint density at radius 2 is 1.26 bits per heavy atom. The van der Waals surface area contributed by atoms with E-state index in [2.05, 4.69) is 12.2 Å². The molecule has 0 aromatic heterocycles. The molecule has 0 radical (unpaired) electrons. The van der Waals surface area contributed by atoms with Crippen molar-refractivity contribution in [3.63, 3.8) is 0 Å². The van der Waals surface area contributed by atoms with Crippen LogP contribution < -0.4 is 5.32 Å². The van der Waals surface area contributed by atoms with E-state index < -0.39 is 17.5 Å². The van der Waals surface area contributed by atoms with Crippen LogP contribution in [0.15, 0.2) is 0 Å². The van der Waals surface area contributed by atoms with Gasteiger partial charge < -0.3 is 24.3 Å². The number of rotatable bonds is 17. The second-order valence-electron chi connectivity index (χ2n) is 8.08. The summed E-state index contributed by atoms with van der Waals surface area (Å²) in [7, 11) is 0. The highest BCUT2D eigenvalue weighted by Crippen LogP contribution is 2.09. The Labute approximate surface area is 185 Å². The van der Waals surface area contributed by atoms with E-state index in [1.807, 2.05) is 0 Å². The van der Waals surface area contributed by atoms with Crippen LogP contribution in [0.5, 0.6) is 0 Å². The van der Waals surface area contributed by atoms with Crippen LogP contribution in [-0.4, -0.2) is 62.4 Å². The van der Waals surface area contributed by atoms with Crippen molar-refractivity contribution in [3.8, 4) is 0 Å². The lowest BCUT2D eigenvalue weighted by atomic mass is 10.2. The molecule has 0 bridgehead atoms. The minimum Gasteiger partial charge on any atom is -0.466 e. The van der Waals surface area contributed by atoms with Crippen molar-refractivity contribution in [1.29, 1.82) is 0 Å². The molecule has 0 saturated heterocycles. The summed E-state index contributed by atoms with van der Waals surface area (Å²) < 4.78 is 20.5. The number of carbonyl (C=O) groups is 4. The van der Waals surface area contributed by atoms with Gasteiger partial charge in [-0.3, -0.25) is 19.2 Å². The average molecular weight is 446 g/mol. The fourth-order valence-electron chi connectivity index (χ4n) is 2.26. The van der Waals surface area contributed by atoms with Crippen LogP contribution >= 0.6 is 0 Å². The molecular formula is C22H39NO8. The molecule has 0 rings (SSSR count). The van der Waals surface area contributed by atoms with E-state index in [4.69, 9.17) is 18.9 Å². The van der Waals surface area contributed by atoms with Gasteiger partial charge in [-0.25, -0.2) is 0 Å². The summed E-state index contributed by atoms with van der Waals surface area (Å²) >= 11 is 0. The first-order valence-electron chi connectivity index (χ1n) is 11.0. The van der Waals surface area contributed by atoms with E-state index in [0.717, 1.165) is 12.8 Å². The Kier molecular flexibility index (Phi) is 16.3. The number of nitrogens with one attached hydrogen (secondary N) is 1. The Hall–Kier alpha value is -2.16. The van der Waals surface area contributed by atoms with E-state index in [0.29, 0.717) is 38.9 Å².